The van der Waals surface area contributed by atoms with Gasteiger partial charge in [0.05, 0.1) is 7.11 Å². The summed E-state index contributed by atoms with van der Waals surface area (Å²) in [5.74, 6) is -2.86. The third kappa shape index (κ3) is 2.52. The zero-order valence-corrected chi connectivity index (χ0v) is 5.72. The molecule has 0 saturated carbocycles. The van der Waals surface area contributed by atoms with Crippen LogP contribution in [0.1, 0.15) is 0 Å². The number of ether oxygens (including phenoxy) is 1. The summed E-state index contributed by atoms with van der Waals surface area (Å²) in [6.07, 6.45) is -4.17. The van der Waals surface area contributed by atoms with Gasteiger partial charge in [-0.1, -0.05) is 0 Å². The van der Waals surface area contributed by atoms with E-state index in [9.17, 15) is 9.59 Å². The van der Waals surface area contributed by atoms with Crippen molar-refractivity contribution in [2.45, 2.75) is 12.2 Å². The molecule has 0 aromatic heterocycles. The molecule has 0 saturated heterocycles. The molecule has 0 radical (unpaired) electrons. The maximum atomic E-state index is 10.4. The molecule has 0 aromatic carbocycles. The second-order valence-corrected chi connectivity index (χ2v) is 1.75. The van der Waals surface area contributed by atoms with Gasteiger partial charge in [0, 0.05) is 0 Å². The van der Waals surface area contributed by atoms with Crippen LogP contribution in [0.5, 0.6) is 0 Å². The highest BCUT2D eigenvalue weighted by atomic mass is 16.5. The first-order chi connectivity index (χ1) is 5.00. The number of carboxylic acids is 1. The van der Waals surface area contributed by atoms with Gasteiger partial charge in [-0.3, -0.25) is 0 Å². The van der Waals surface area contributed by atoms with Crippen molar-refractivity contribution in [3.63, 3.8) is 0 Å². The molecule has 0 aromatic rings. The average Bonchev–Trinajstić information content (AvgIpc) is 2.00. The van der Waals surface area contributed by atoms with E-state index in [-0.39, 0.29) is 0 Å². The molecule has 11 heavy (non-hydrogen) atoms. The standard InChI is InChI=1S/C5H8O6/c1-11-5(10)3(7)2(6)4(8)9/h2-3,6-7H,1H3,(H,8,9)/t2-,3-/m1/s1. The van der Waals surface area contributed by atoms with Crippen molar-refractivity contribution in [3.8, 4) is 0 Å². The Labute approximate surface area is 62.0 Å². The Balaban J connectivity index is 4.12. The summed E-state index contributed by atoms with van der Waals surface area (Å²) in [6, 6.07) is 0. The summed E-state index contributed by atoms with van der Waals surface area (Å²) in [7, 11) is 0.972. The minimum atomic E-state index is -2.14. The molecular formula is C5H8O6. The predicted octanol–water partition coefficient (Wildman–Crippen LogP) is -2.03. The van der Waals surface area contributed by atoms with Gasteiger partial charge in [0.15, 0.2) is 12.2 Å². The fraction of sp³-hybridized carbons (Fsp3) is 0.600. The molecule has 0 amide bonds. The summed E-state index contributed by atoms with van der Waals surface area (Å²) in [5.41, 5.74) is 0. The fourth-order valence-corrected chi connectivity index (χ4v) is 0.385. The average molecular weight is 164 g/mol. The van der Waals surface area contributed by atoms with Gasteiger partial charge in [0.2, 0.25) is 0 Å². The van der Waals surface area contributed by atoms with E-state index in [0.717, 1.165) is 7.11 Å². The predicted molar refractivity (Wildman–Crippen MR) is 31.7 cm³/mol. The molecule has 6 heteroatoms. The summed E-state index contributed by atoms with van der Waals surface area (Å²) in [6.45, 7) is 0. The maximum Gasteiger partial charge on any atom is 0.338 e. The number of carboxylic acid groups (broad SMARTS) is 1. The second kappa shape index (κ2) is 3.89. The third-order valence-corrected chi connectivity index (χ3v) is 0.995. The number of hydrogen-bond acceptors (Lipinski definition) is 5. The van der Waals surface area contributed by atoms with Crippen molar-refractivity contribution in [1.29, 1.82) is 0 Å². The summed E-state index contributed by atoms with van der Waals surface area (Å²) >= 11 is 0. The van der Waals surface area contributed by atoms with Crippen LogP contribution in [0.4, 0.5) is 0 Å². The summed E-state index contributed by atoms with van der Waals surface area (Å²) in [5, 5.41) is 25.3. The lowest BCUT2D eigenvalue weighted by atomic mass is 10.2. The fourth-order valence-electron chi connectivity index (χ4n) is 0.385. The van der Waals surface area contributed by atoms with Crippen LogP contribution in [0.3, 0.4) is 0 Å². The molecule has 3 N–H and O–H groups in total. The molecule has 0 aliphatic carbocycles. The van der Waals surface area contributed by atoms with Crippen LogP contribution in [0.15, 0.2) is 0 Å². The molecule has 0 aliphatic heterocycles. The smallest absolute Gasteiger partial charge is 0.338 e. The van der Waals surface area contributed by atoms with E-state index in [2.05, 4.69) is 4.74 Å². The van der Waals surface area contributed by atoms with Gasteiger partial charge in [-0.25, -0.2) is 9.59 Å². The Hall–Kier alpha value is -1.14. The number of aliphatic hydroxyl groups is 2. The van der Waals surface area contributed by atoms with Gasteiger partial charge in [-0.2, -0.15) is 0 Å². The van der Waals surface area contributed by atoms with Crippen LogP contribution in [-0.4, -0.2) is 46.6 Å². The highest BCUT2D eigenvalue weighted by Crippen LogP contribution is 1.95. The Kier molecular flexibility index (Phi) is 3.49. The van der Waals surface area contributed by atoms with Gasteiger partial charge in [0.1, 0.15) is 0 Å². The van der Waals surface area contributed by atoms with Crippen LogP contribution < -0.4 is 0 Å². The minimum absolute atomic E-state index is 0.972. The molecule has 6 nitrogen and oxygen atoms in total. The normalized spacial score (nSPS) is 15.2. The lowest BCUT2D eigenvalue weighted by molar-refractivity contribution is -0.167. The Bertz CT molecular complexity index is 164. The van der Waals surface area contributed by atoms with E-state index in [1.807, 2.05) is 0 Å². The van der Waals surface area contributed by atoms with E-state index in [0.29, 0.717) is 0 Å². The zero-order valence-electron chi connectivity index (χ0n) is 5.72. The summed E-state index contributed by atoms with van der Waals surface area (Å²) < 4.78 is 3.97. The van der Waals surface area contributed by atoms with Crippen molar-refractivity contribution in [3.05, 3.63) is 0 Å². The number of carbonyl (C=O) groups excluding carboxylic acids is 1. The number of aliphatic hydroxyl groups excluding tert-OH is 2. The highest BCUT2D eigenvalue weighted by Gasteiger charge is 2.30. The van der Waals surface area contributed by atoms with Gasteiger partial charge in [-0.05, 0) is 0 Å². The second-order valence-electron chi connectivity index (χ2n) is 1.75. The molecule has 0 spiro atoms. The van der Waals surface area contributed by atoms with Crippen molar-refractivity contribution in [2.24, 2.45) is 0 Å². The van der Waals surface area contributed by atoms with E-state index < -0.39 is 24.1 Å². The molecule has 0 aliphatic rings. The van der Waals surface area contributed by atoms with Crippen LogP contribution >= 0.6 is 0 Å². The first-order valence-corrected chi connectivity index (χ1v) is 2.67. The summed E-state index contributed by atoms with van der Waals surface area (Å²) in [4.78, 5) is 20.3. The van der Waals surface area contributed by atoms with Crippen LogP contribution in [-0.2, 0) is 14.3 Å². The Morgan fingerprint density at radius 2 is 1.73 bits per heavy atom. The number of carbonyl (C=O) groups is 2. The number of rotatable bonds is 3. The van der Waals surface area contributed by atoms with Crippen molar-refractivity contribution in [2.75, 3.05) is 7.11 Å². The number of methoxy groups -OCH3 is 1. The van der Waals surface area contributed by atoms with Crippen LogP contribution in [0.25, 0.3) is 0 Å². The first-order valence-electron chi connectivity index (χ1n) is 2.67. The van der Waals surface area contributed by atoms with Crippen molar-refractivity contribution < 1.29 is 29.6 Å². The van der Waals surface area contributed by atoms with E-state index in [1.165, 1.54) is 0 Å². The monoisotopic (exact) mass is 164 g/mol. The SMILES string of the molecule is COC(=O)[C@H](O)[C@@H](O)C(=O)O. The lowest BCUT2D eigenvalue weighted by Crippen LogP contribution is -2.40. The first kappa shape index (κ1) is 9.86. The zero-order chi connectivity index (χ0) is 9.02. The molecule has 2 atom stereocenters. The lowest BCUT2D eigenvalue weighted by Gasteiger charge is -2.10. The quantitative estimate of drug-likeness (QED) is 0.415. The Morgan fingerprint density at radius 3 is 2.00 bits per heavy atom. The Morgan fingerprint density at radius 1 is 1.27 bits per heavy atom. The van der Waals surface area contributed by atoms with E-state index in [1.54, 1.807) is 0 Å². The number of aliphatic carboxylic acids is 1. The maximum absolute atomic E-state index is 10.4. The molecule has 0 unspecified atom stereocenters. The van der Waals surface area contributed by atoms with Crippen molar-refractivity contribution >= 4 is 11.9 Å². The molecule has 0 bridgehead atoms. The molecule has 64 valence electrons. The number of hydrogen-bond donors (Lipinski definition) is 3. The molecular weight excluding hydrogens is 156 g/mol. The van der Waals surface area contributed by atoms with Gasteiger partial charge in [0.25, 0.3) is 0 Å². The van der Waals surface area contributed by atoms with Crippen LogP contribution in [0.2, 0.25) is 0 Å². The number of esters is 1. The molecule has 0 rings (SSSR count). The third-order valence-electron chi connectivity index (χ3n) is 0.995. The van der Waals surface area contributed by atoms with Gasteiger partial charge >= 0.3 is 11.9 Å². The van der Waals surface area contributed by atoms with E-state index in [4.69, 9.17) is 15.3 Å². The molecule has 0 fully saturated rings. The molecule has 0 heterocycles. The van der Waals surface area contributed by atoms with Gasteiger partial charge < -0.3 is 20.1 Å². The van der Waals surface area contributed by atoms with E-state index >= 15 is 0 Å². The largest absolute Gasteiger partial charge is 0.479 e. The van der Waals surface area contributed by atoms with Gasteiger partial charge in [-0.15, -0.1) is 0 Å². The van der Waals surface area contributed by atoms with Crippen molar-refractivity contribution in [1.82, 2.24) is 0 Å². The minimum Gasteiger partial charge on any atom is -0.479 e. The topological polar surface area (TPSA) is 104 Å². The van der Waals surface area contributed by atoms with Crippen LogP contribution in [0, 0.1) is 0 Å². The highest BCUT2D eigenvalue weighted by molar-refractivity contribution is 5.84.